The van der Waals surface area contributed by atoms with Crippen LogP contribution in [0.25, 0.3) is 11.3 Å². The highest BCUT2D eigenvalue weighted by Gasteiger charge is 2.09. The topological polar surface area (TPSA) is 22.1 Å². The first kappa shape index (κ1) is 27.3. The van der Waals surface area contributed by atoms with Crippen molar-refractivity contribution in [2.45, 2.75) is 110 Å². The molecule has 0 aliphatic carbocycles. The van der Waals surface area contributed by atoms with E-state index in [1.807, 2.05) is 24.4 Å². The van der Waals surface area contributed by atoms with Crippen molar-refractivity contribution in [1.82, 2.24) is 4.98 Å². The molecule has 0 aliphatic heterocycles. The lowest BCUT2D eigenvalue weighted by Crippen LogP contribution is -2.01. The molecular weight excluding hydrogens is 416 g/mol. The van der Waals surface area contributed by atoms with Crippen molar-refractivity contribution in [3.63, 3.8) is 0 Å². The summed E-state index contributed by atoms with van der Waals surface area (Å²) in [6, 6.07) is 8.97. The number of unbranched alkanes of at least 4 members (excludes halogenated alkanes) is 8. The van der Waals surface area contributed by atoms with Gasteiger partial charge in [0.05, 0.1) is 12.3 Å². The molecule has 2 aromatic rings. The number of alkyl halides is 1. The summed E-state index contributed by atoms with van der Waals surface area (Å²) in [5.41, 5.74) is 2.57. The van der Waals surface area contributed by atoms with Crippen molar-refractivity contribution in [3.8, 4) is 17.0 Å². The normalized spacial score (nSPS) is 12.1. The summed E-state index contributed by atoms with van der Waals surface area (Å²) in [6.07, 6.45) is 15.7. The van der Waals surface area contributed by atoms with E-state index in [9.17, 15) is 8.78 Å². The van der Waals surface area contributed by atoms with Gasteiger partial charge in [-0.3, -0.25) is 4.98 Å². The van der Waals surface area contributed by atoms with Gasteiger partial charge in [0.15, 0.2) is 11.6 Å². The van der Waals surface area contributed by atoms with Crippen LogP contribution in [0.3, 0.4) is 0 Å². The minimum Gasteiger partial charge on any atom is -0.491 e. The van der Waals surface area contributed by atoms with Crippen LogP contribution in [0.15, 0.2) is 36.5 Å². The molecule has 0 saturated heterocycles. The molecule has 1 unspecified atom stereocenters. The van der Waals surface area contributed by atoms with Crippen molar-refractivity contribution < 1.29 is 13.5 Å². The van der Waals surface area contributed by atoms with Crippen molar-refractivity contribution in [3.05, 3.63) is 47.9 Å². The number of benzene rings is 1. The molecule has 0 aliphatic rings. The van der Waals surface area contributed by atoms with Crippen molar-refractivity contribution >= 4 is 0 Å². The molecule has 0 bridgehead atoms. The third-order valence-electron chi connectivity index (χ3n) is 6.16. The first-order chi connectivity index (χ1) is 16.1. The SMILES string of the molecule is CCCCCCCCOc1ccc(-c2ccc(CCCC(F)CCCCCC)cn2)cc1F. The van der Waals surface area contributed by atoms with E-state index in [1.165, 1.54) is 44.6 Å². The summed E-state index contributed by atoms with van der Waals surface area (Å²) in [6.45, 7) is 4.93. The zero-order valence-corrected chi connectivity index (χ0v) is 20.8. The van der Waals surface area contributed by atoms with E-state index in [0.29, 0.717) is 25.2 Å². The molecular formula is C29H43F2NO. The molecule has 0 amide bonds. The zero-order chi connectivity index (χ0) is 23.7. The van der Waals surface area contributed by atoms with Crippen LogP contribution in [0.4, 0.5) is 8.78 Å². The Morgan fingerprint density at radius 3 is 2.21 bits per heavy atom. The fourth-order valence-corrected chi connectivity index (χ4v) is 4.05. The second kappa shape index (κ2) is 16.6. The van der Waals surface area contributed by atoms with Crippen LogP contribution in [0.1, 0.15) is 103 Å². The van der Waals surface area contributed by atoms with E-state index in [2.05, 4.69) is 18.8 Å². The maximum atomic E-state index is 14.5. The molecule has 1 aromatic heterocycles. The fourth-order valence-electron chi connectivity index (χ4n) is 4.05. The van der Waals surface area contributed by atoms with E-state index in [1.54, 1.807) is 6.07 Å². The monoisotopic (exact) mass is 459 g/mol. The van der Waals surface area contributed by atoms with Crippen molar-refractivity contribution in [2.24, 2.45) is 0 Å². The summed E-state index contributed by atoms with van der Waals surface area (Å²) in [5.74, 6) is -0.0447. The quantitative estimate of drug-likeness (QED) is 0.207. The largest absolute Gasteiger partial charge is 0.491 e. The number of ether oxygens (including phenoxy) is 1. The molecule has 4 heteroatoms. The van der Waals surface area contributed by atoms with Gasteiger partial charge in [-0.25, -0.2) is 8.78 Å². The Morgan fingerprint density at radius 1 is 0.818 bits per heavy atom. The Hall–Kier alpha value is -1.97. The Balaban J connectivity index is 1.73. The molecule has 2 rings (SSSR count). The minimum atomic E-state index is -0.696. The lowest BCUT2D eigenvalue weighted by Gasteiger charge is -2.10. The van der Waals surface area contributed by atoms with Gasteiger partial charge in [0, 0.05) is 11.8 Å². The lowest BCUT2D eigenvalue weighted by molar-refractivity contribution is 0.282. The zero-order valence-electron chi connectivity index (χ0n) is 20.8. The molecule has 1 heterocycles. The molecule has 0 fully saturated rings. The third-order valence-corrected chi connectivity index (χ3v) is 6.16. The van der Waals surface area contributed by atoms with Gasteiger partial charge in [-0.1, -0.05) is 77.7 Å². The maximum absolute atomic E-state index is 14.5. The van der Waals surface area contributed by atoms with Gasteiger partial charge >= 0.3 is 0 Å². The highest BCUT2D eigenvalue weighted by atomic mass is 19.1. The van der Waals surface area contributed by atoms with Crippen LogP contribution >= 0.6 is 0 Å². The van der Waals surface area contributed by atoms with Gasteiger partial charge < -0.3 is 4.74 Å². The van der Waals surface area contributed by atoms with Gasteiger partial charge in [-0.05, 0) is 61.9 Å². The molecule has 0 spiro atoms. The summed E-state index contributed by atoms with van der Waals surface area (Å²) in [4.78, 5) is 4.50. The number of rotatable bonds is 18. The molecule has 184 valence electrons. The molecule has 1 atom stereocenters. The number of aromatic nitrogens is 1. The Bertz CT molecular complexity index is 763. The van der Waals surface area contributed by atoms with Gasteiger partial charge in [0.25, 0.3) is 0 Å². The summed E-state index contributed by atoms with van der Waals surface area (Å²) in [7, 11) is 0. The molecule has 33 heavy (non-hydrogen) atoms. The second-order valence-electron chi connectivity index (χ2n) is 9.15. The predicted octanol–water partition coefficient (Wildman–Crippen LogP) is 9.26. The minimum absolute atomic E-state index is 0.305. The van der Waals surface area contributed by atoms with E-state index in [0.717, 1.165) is 55.3 Å². The molecule has 0 saturated carbocycles. The Kier molecular flexibility index (Phi) is 13.7. The van der Waals surface area contributed by atoms with Gasteiger partial charge in [-0.15, -0.1) is 0 Å². The first-order valence-corrected chi connectivity index (χ1v) is 13.2. The van der Waals surface area contributed by atoms with Crippen LogP contribution in [-0.2, 0) is 6.42 Å². The third kappa shape index (κ3) is 11.1. The van der Waals surface area contributed by atoms with E-state index in [4.69, 9.17) is 4.74 Å². The number of aryl methyl sites for hydroxylation is 1. The van der Waals surface area contributed by atoms with E-state index >= 15 is 0 Å². The van der Waals surface area contributed by atoms with E-state index < -0.39 is 6.17 Å². The number of hydrogen-bond donors (Lipinski definition) is 0. The van der Waals surface area contributed by atoms with Crippen LogP contribution < -0.4 is 4.74 Å². The van der Waals surface area contributed by atoms with Crippen LogP contribution in [-0.4, -0.2) is 17.8 Å². The predicted molar refractivity (Wildman–Crippen MR) is 135 cm³/mol. The van der Waals surface area contributed by atoms with Gasteiger partial charge in [-0.2, -0.15) is 0 Å². The van der Waals surface area contributed by atoms with Gasteiger partial charge in [0.2, 0.25) is 0 Å². The number of hydrogen-bond acceptors (Lipinski definition) is 2. The average molecular weight is 460 g/mol. The first-order valence-electron chi connectivity index (χ1n) is 13.2. The smallest absolute Gasteiger partial charge is 0.165 e. The highest BCUT2D eigenvalue weighted by Crippen LogP contribution is 2.25. The Labute approximate surface area is 200 Å². The number of halogens is 2. The highest BCUT2D eigenvalue weighted by molar-refractivity contribution is 5.60. The van der Waals surface area contributed by atoms with Crippen molar-refractivity contribution in [2.75, 3.05) is 6.61 Å². The molecule has 1 aromatic carbocycles. The maximum Gasteiger partial charge on any atom is 0.165 e. The van der Waals surface area contributed by atoms with Crippen LogP contribution in [0.5, 0.6) is 5.75 Å². The standard InChI is InChI=1S/C29H43F2NO/c1-3-5-7-9-10-12-21-33-29-20-18-25(22-27(29)31)28-19-17-24(23-32-28)14-13-16-26(30)15-11-8-6-4-2/h17-20,22-23,26H,3-16,21H2,1-2H3. The summed E-state index contributed by atoms with van der Waals surface area (Å²) in [5, 5.41) is 0. The second-order valence-corrected chi connectivity index (χ2v) is 9.15. The average Bonchev–Trinajstić information content (AvgIpc) is 2.82. The summed E-state index contributed by atoms with van der Waals surface area (Å²) >= 11 is 0. The molecule has 2 nitrogen and oxygen atoms in total. The van der Waals surface area contributed by atoms with Crippen LogP contribution in [0, 0.1) is 5.82 Å². The molecule has 0 radical (unpaired) electrons. The van der Waals surface area contributed by atoms with E-state index in [-0.39, 0.29) is 5.82 Å². The number of pyridine rings is 1. The van der Waals surface area contributed by atoms with Gasteiger partial charge in [0.1, 0.15) is 6.17 Å². The molecule has 0 N–H and O–H groups in total. The lowest BCUT2D eigenvalue weighted by atomic mass is 10.0. The van der Waals surface area contributed by atoms with Crippen LogP contribution in [0.2, 0.25) is 0 Å². The fraction of sp³-hybridized carbons (Fsp3) is 0.621. The summed E-state index contributed by atoms with van der Waals surface area (Å²) < 4.78 is 34.1. The Morgan fingerprint density at radius 2 is 1.52 bits per heavy atom. The van der Waals surface area contributed by atoms with Crippen molar-refractivity contribution in [1.29, 1.82) is 0 Å². The number of nitrogens with zero attached hydrogens (tertiary/aromatic N) is 1.